The van der Waals surface area contributed by atoms with Gasteiger partial charge in [0.2, 0.25) is 12.8 Å². The first-order valence-electron chi connectivity index (χ1n) is 9.46. The van der Waals surface area contributed by atoms with Crippen molar-refractivity contribution in [2.45, 2.75) is 19.3 Å². The molecule has 1 aliphatic rings. The Morgan fingerprint density at radius 1 is 1.28 bits per heavy atom. The smallest absolute Gasteiger partial charge is 0.209 e. The first-order valence-corrected chi connectivity index (χ1v) is 9.46. The maximum atomic E-state index is 13.1. The molecule has 2 amide bonds. The van der Waals surface area contributed by atoms with Crippen molar-refractivity contribution in [1.82, 2.24) is 10.2 Å². The molecule has 8 heteroatoms. The Kier molecular flexibility index (Phi) is 8.75. The molecule has 0 unspecified atom stereocenters. The Morgan fingerprint density at radius 2 is 2.00 bits per heavy atom. The lowest BCUT2D eigenvalue weighted by Crippen LogP contribution is -2.31. The molecular formula is C21H26FN5O2. The number of halogens is 1. The van der Waals surface area contributed by atoms with E-state index in [9.17, 15) is 14.0 Å². The van der Waals surface area contributed by atoms with Crippen LogP contribution in [-0.4, -0.2) is 48.9 Å². The number of amides is 2. The minimum Gasteiger partial charge on any atom is -0.383 e. The molecular weight excluding hydrogens is 373 g/mol. The summed E-state index contributed by atoms with van der Waals surface area (Å²) in [6.45, 7) is 1.37. The second-order valence-electron chi connectivity index (χ2n) is 6.70. The van der Waals surface area contributed by atoms with Gasteiger partial charge in [0.15, 0.2) is 0 Å². The minimum absolute atomic E-state index is 0.264. The van der Waals surface area contributed by atoms with Crippen LogP contribution in [0.25, 0.3) is 0 Å². The summed E-state index contributed by atoms with van der Waals surface area (Å²) in [6.07, 6.45) is 9.06. The number of nitrogens with one attached hydrogen (secondary N) is 2. The second-order valence-corrected chi connectivity index (χ2v) is 6.70. The van der Waals surface area contributed by atoms with Crippen LogP contribution >= 0.6 is 0 Å². The van der Waals surface area contributed by atoms with Crippen molar-refractivity contribution >= 4 is 24.4 Å². The van der Waals surface area contributed by atoms with E-state index in [1.165, 1.54) is 12.1 Å². The Morgan fingerprint density at radius 3 is 2.62 bits per heavy atom. The average Bonchev–Trinajstić information content (AvgIpc) is 3.55. The molecule has 1 aliphatic carbocycles. The highest BCUT2D eigenvalue weighted by Gasteiger charge is 2.28. The molecule has 154 valence electrons. The van der Waals surface area contributed by atoms with Crippen molar-refractivity contribution in [3.8, 4) is 0 Å². The fourth-order valence-electron chi connectivity index (χ4n) is 2.67. The Labute approximate surface area is 169 Å². The predicted molar refractivity (Wildman–Crippen MR) is 111 cm³/mol. The van der Waals surface area contributed by atoms with Gasteiger partial charge in [-0.3, -0.25) is 9.59 Å². The van der Waals surface area contributed by atoms with E-state index >= 15 is 0 Å². The lowest BCUT2D eigenvalue weighted by Gasteiger charge is -2.15. The van der Waals surface area contributed by atoms with E-state index in [4.69, 9.17) is 11.1 Å². The fraction of sp³-hybridized carbons (Fsp3) is 0.333. The molecule has 0 bridgehead atoms. The number of hydrogen-bond acceptors (Lipinski definition) is 4. The maximum Gasteiger partial charge on any atom is 0.209 e. The van der Waals surface area contributed by atoms with Crippen molar-refractivity contribution in [1.29, 1.82) is 5.41 Å². The summed E-state index contributed by atoms with van der Waals surface area (Å²) in [5, 5.41) is 10.7. The van der Waals surface area contributed by atoms with Crippen LogP contribution in [0.4, 0.5) is 4.39 Å². The van der Waals surface area contributed by atoms with Crippen LogP contribution in [0.2, 0.25) is 0 Å². The second kappa shape index (κ2) is 11.5. The molecule has 29 heavy (non-hydrogen) atoms. The zero-order valence-electron chi connectivity index (χ0n) is 16.2. The summed E-state index contributed by atoms with van der Waals surface area (Å²) in [5.74, 6) is 0.314. The molecule has 1 aromatic carbocycles. The molecule has 0 aliphatic heterocycles. The van der Waals surface area contributed by atoms with Gasteiger partial charge in [-0.25, -0.2) is 9.38 Å². The lowest BCUT2D eigenvalue weighted by molar-refractivity contribution is -0.118. The predicted octanol–water partition coefficient (Wildman–Crippen LogP) is 2.00. The highest BCUT2D eigenvalue weighted by atomic mass is 19.1. The number of rotatable bonds is 13. The topological polar surface area (TPSA) is 112 Å². The van der Waals surface area contributed by atoms with E-state index in [2.05, 4.69) is 10.3 Å². The number of allylic oxidation sites excluding steroid dienone is 1. The zero-order chi connectivity index (χ0) is 21.1. The zero-order valence-corrected chi connectivity index (χ0v) is 16.2. The van der Waals surface area contributed by atoms with Gasteiger partial charge in [-0.2, -0.15) is 0 Å². The summed E-state index contributed by atoms with van der Waals surface area (Å²) in [5.41, 5.74) is 7.82. The molecule has 0 aromatic heterocycles. The van der Waals surface area contributed by atoms with Gasteiger partial charge in [-0.15, -0.1) is 0 Å². The van der Waals surface area contributed by atoms with Gasteiger partial charge in [0.05, 0.1) is 5.71 Å². The van der Waals surface area contributed by atoms with Gasteiger partial charge in [-0.1, -0.05) is 6.08 Å². The maximum absolute atomic E-state index is 13.1. The van der Waals surface area contributed by atoms with Crippen molar-refractivity contribution in [3.63, 3.8) is 0 Å². The van der Waals surface area contributed by atoms with Crippen LogP contribution < -0.4 is 11.1 Å². The normalized spacial score (nSPS) is 14.7. The van der Waals surface area contributed by atoms with Crippen LogP contribution in [-0.2, 0) is 9.59 Å². The minimum atomic E-state index is -0.340. The number of benzene rings is 1. The summed E-state index contributed by atoms with van der Waals surface area (Å²) in [7, 11) is 0. The third-order valence-electron chi connectivity index (χ3n) is 4.45. The molecule has 1 aromatic rings. The van der Waals surface area contributed by atoms with Gasteiger partial charge < -0.3 is 21.4 Å². The highest BCUT2D eigenvalue weighted by molar-refractivity contribution is 6.12. The number of carbonyl (C=O) groups excluding carboxylic acids is 2. The molecule has 7 nitrogen and oxygen atoms in total. The highest BCUT2D eigenvalue weighted by Crippen LogP contribution is 2.36. The van der Waals surface area contributed by atoms with Crippen LogP contribution in [0.3, 0.4) is 0 Å². The van der Waals surface area contributed by atoms with Crippen LogP contribution in [0.15, 0.2) is 53.2 Å². The molecule has 1 fully saturated rings. The van der Waals surface area contributed by atoms with E-state index in [0.717, 1.165) is 24.8 Å². The summed E-state index contributed by atoms with van der Waals surface area (Å²) in [4.78, 5) is 27.0. The van der Waals surface area contributed by atoms with Crippen molar-refractivity contribution in [2.75, 3.05) is 19.6 Å². The molecule has 0 radical (unpaired) electrons. The molecule has 0 saturated heterocycles. The van der Waals surface area contributed by atoms with Crippen LogP contribution in [0.5, 0.6) is 0 Å². The van der Waals surface area contributed by atoms with Gasteiger partial charge in [0.1, 0.15) is 11.7 Å². The summed E-state index contributed by atoms with van der Waals surface area (Å²) < 4.78 is 13.1. The Balaban J connectivity index is 1.93. The standard InChI is InChI=1S/C21H26FN5O2/c22-18-7-5-17(6-8-18)20(23)13-19(16-3-4-16)21(24)26-9-1-2-11-27(15-29)12-10-25-14-28/h1,5-9,13-16,23H,2-4,10-12H2,(H2,24,26)(H,25,28)/b9-1+,19-13-,23-20?. The molecule has 0 spiro atoms. The number of aliphatic imine (C=N–C) groups is 1. The molecule has 4 N–H and O–H groups in total. The molecule has 2 rings (SSSR count). The summed E-state index contributed by atoms with van der Waals surface area (Å²) >= 11 is 0. The Bertz CT molecular complexity index is 798. The van der Waals surface area contributed by atoms with Crippen molar-refractivity contribution in [2.24, 2.45) is 16.6 Å². The average molecular weight is 399 g/mol. The molecule has 0 heterocycles. The summed E-state index contributed by atoms with van der Waals surface area (Å²) in [6, 6.07) is 5.78. The Hall–Kier alpha value is -3.29. The van der Waals surface area contributed by atoms with Gasteiger partial charge in [0, 0.05) is 25.8 Å². The fourth-order valence-corrected chi connectivity index (χ4v) is 2.67. The number of hydrogen-bond donors (Lipinski definition) is 3. The quantitative estimate of drug-likeness (QED) is 0.204. The number of amidine groups is 1. The van der Waals surface area contributed by atoms with E-state index in [-0.39, 0.29) is 11.5 Å². The largest absolute Gasteiger partial charge is 0.383 e. The van der Waals surface area contributed by atoms with Gasteiger partial charge >= 0.3 is 0 Å². The van der Waals surface area contributed by atoms with Gasteiger partial charge in [0.25, 0.3) is 0 Å². The van der Waals surface area contributed by atoms with Crippen molar-refractivity contribution in [3.05, 3.63) is 59.6 Å². The van der Waals surface area contributed by atoms with Gasteiger partial charge in [-0.05, 0) is 66.7 Å². The number of carbonyl (C=O) groups is 2. The first-order chi connectivity index (χ1) is 14.0. The lowest BCUT2D eigenvalue weighted by atomic mass is 10.0. The third kappa shape index (κ3) is 7.69. The first kappa shape index (κ1) is 22.0. The monoisotopic (exact) mass is 399 g/mol. The SMILES string of the molecule is N=C(\C=C(/C(N)=N/C=C/CCN(C=O)CCNC=O)C1CC1)c1ccc(F)cc1. The van der Waals surface area contributed by atoms with E-state index in [1.54, 1.807) is 29.3 Å². The third-order valence-corrected chi connectivity index (χ3v) is 4.45. The molecule has 1 saturated carbocycles. The van der Waals surface area contributed by atoms with Crippen LogP contribution in [0.1, 0.15) is 24.8 Å². The number of nitrogens with two attached hydrogens (primary N) is 1. The number of nitrogens with zero attached hydrogens (tertiary/aromatic N) is 2. The van der Waals surface area contributed by atoms with Crippen LogP contribution in [0, 0.1) is 17.1 Å². The molecule has 0 atom stereocenters. The van der Waals surface area contributed by atoms with E-state index in [1.807, 2.05) is 6.08 Å². The van der Waals surface area contributed by atoms with E-state index in [0.29, 0.717) is 49.8 Å². The van der Waals surface area contributed by atoms with E-state index < -0.39 is 0 Å². The van der Waals surface area contributed by atoms with Crippen molar-refractivity contribution < 1.29 is 14.0 Å².